The number of anilines is 4. The van der Waals surface area contributed by atoms with Crippen molar-refractivity contribution in [1.29, 1.82) is 0 Å². The van der Waals surface area contributed by atoms with Crippen LogP contribution in [0.2, 0.25) is 0 Å². The third-order valence-corrected chi connectivity index (χ3v) is 10.7. The van der Waals surface area contributed by atoms with Crippen LogP contribution in [-0.4, -0.2) is 94.7 Å². The first kappa shape index (κ1) is 38.9. The van der Waals surface area contributed by atoms with Gasteiger partial charge >= 0.3 is 6.03 Å². The summed E-state index contributed by atoms with van der Waals surface area (Å²) in [5.74, 6) is 4.02. The molecule has 0 saturated carbocycles. The van der Waals surface area contributed by atoms with Crippen molar-refractivity contribution in [2.45, 2.75) is 11.9 Å². The van der Waals surface area contributed by atoms with Gasteiger partial charge in [-0.05, 0) is 68.2 Å². The first-order valence-electron chi connectivity index (χ1n) is 18.5. The lowest BCUT2D eigenvalue weighted by Crippen LogP contribution is -2.41. The van der Waals surface area contributed by atoms with E-state index in [-0.39, 0.29) is 17.7 Å². The molecule has 292 valence electrons. The van der Waals surface area contributed by atoms with Crippen LogP contribution in [-0.2, 0) is 4.74 Å². The normalized spacial score (nSPS) is 13.4. The summed E-state index contributed by atoms with van der Waals surface area (Å²) < 4.78 is 13.5. The lowest BCUT2D eigenvalue weighted by Gasteiger charge is -2.26. The monoisotopic (exact) mass is 783 g/mol. The van der Waals surface area contributed by atoms with Crippen LogP contribution in [0, 0.1) is 19.3 Å². The first-order chi connectivity index (χ1) is 27.5. The Morgan fingerprint density at radius 1 is 0.930 bits per heavy atom. The van der Waals surface area contributed by atoms with Crippen LogP contribution in [0.25, 0.3) is 16.5 Å². The molecule has 1 aliphatic rings. The molecule has 3 amide bonds. The fraction of sp³-hybridized carbons (Fsp3) is 0.233. The van der Waals surface area contributed by atoms with E-state index < -0.39 is 16.1 Å². The number of hydrogen-bond donors (Lipinski definition) is 4. The quantitative estimate of drug-likeness (QED) is 0.0933. The standard InChI is InChI=1S/C43H45N9O4S/c1-6-30-25-31(41(53)44-19-20-51-21-23-55-24-22-51)27-32(26-30)46-42-45-18-17-39(49-42)56-37-16-15-36(34-9-7-8-10-35(34)37)47-43(54)48-38-28-40(57(3,4)5)50-52(38)33-13-11-29(2)12-14-33/h1,7-18,25-28H,19-24H2,2-5H3,(H,44,53)(H,45,46,49)(H2,47,48,54). The van der Waals surface area contributed by atoms with Gasteiger partial charge in [0.2, 0.25) is 11.8 Å². The summed E-state index contributed by atoms with van der Waals surface area (Å²) in [4.78, 5) is 37.8. The molecule has 4 N–H and O–H groups in total. The summed E-state index contributed by atoms with van der Waals surface area (Å²) in [6, 6.07) is 27.5. The van der Waals surface area contributed by atoms with Crippen molar-refractivity contribution >= 4 is 55.9 Å². The molecule has 0 aliphatic carbocycles. The summed E-state index contributed by atoms with van der Waals surface area (Å²) >= 11 is 0. The molecular weight excluding hydrogens is 739 g/mol. The highest BCUT2D eigenvalue weighted by Gasteiger charge is 2.20. The Morgan fingerprint density at radius 3 is 2.46 bits per heavy atom. The van der Waals surface area contributed by atoms with Gasteiger partial charge in [-0.15, -0.1) is 6.42 Å². The van der Waals surface area contributed by atoms with Crippen molar-refractivity contribution in [3.8, 4) is 29.7 Å². The van der Waals surface area contributed by atoms with Crippen molar-refractivity contribution in [3.05, 3.63) is 114 Å². The van der Waals surface area contributed by atoms with Crippen molar-refractivity contribution in [3.63, 3.8) is 0 Å². The fourth-order valence-corrected chi connectivity index (χ4v) is 7.03. The van der Waals surface area contributed by atoms with E-state index in [4.69, 9.17) is 21.0 Å². The predicted octanol–water partition coefficient (Wildman–Crippen LogP) is 7.40. The Kier molecular flexibility index (Phi) is 11.7. The Hall–Kier alpha value is -6.40. The van der Waals surface area contributed by atoms with Gasteiger partial charge in [0.25, 0.3) is 5.91 Å². The Bertz CT molecular complexity index is 2450. The van der Waals surface area contributed by atoms with E-state index in [0.717, 1.165) is 46.7 Å². The summed E-state index contributed by atoms with van der Waals surface area (Å²) in [5.41, 5.74) is 4.09. The maximum Gasteiger partial charge on any atom is 0.324 e. The molecule has 0 unspecified atom stereocenters. The molecule has 0 atom stereocenters. The number of nitrogens with one attached hydrogen (secondary N) is 4. The number of ether oxygens (including phenoxy) is 2. The second-order valence-electron chi connectivity index (χ2n) is 14.3. The molecule has 4 aromatic carbocycles. The number of rotatable bonds is 12. The maximum atomic E-state index is 13.5. The maximum absolute atomic E-state index is 13.5. The van der Waals surface area contributed by atoms with Crippen LogP contribution in [0.1, 0.15) is 21.5 Å². The summed E-state index contributed by atoms with van der Waals surface area (Å²) in [5, 5.41) is 19.5. The molecule has 7 rings (SSSR count). The van der Waals surface area contributed by atoms with Crippen molar-refractivity contribution in [2.75, 3.05) is 74.1 Å². The van der Waals surface area contributed by atoms with Gasteiger partial charge in [-0.25, -0.2) is 24.5 Å². The molecule has 0 radical (unpaired) electrons. The zero-order valence-corrected chi connectivity index (χ0v) is 33.2. The molecule has 0 bridgehead atoms. The number of hydrogen-bond acceptors (Lipinski definition) is 9. The number of aromatic nitrogens is 4. The van der Waals surface area contributed by atoms with E-state index in [1.807, 2.05) is 61.5 Å². The molecule has 0 spiro atoms. The van der Waals surface area contributed by atoms with Crippen LogP contribution in [0.5, 0.6) is 11.6 Å². The lowest BCUT2D eigenvalue weighted by molar-refractivity contribution is 0.0383. The second-order valence-corrected chi connectivity index (χ2v) is 18.4. The third kappa shape index (κ3) is 9.71. The van der Waals surface area contributed by atoms with Crippen molar-refractivity contribution in [2.24, 2.45) is 0 Å². The highest BCUT2D eigenvalue weighted by molar-refractivity contribution is 8.32. The summed E-state index contributed by atoms with van der Waals surface area (Å²) in [6.45, 7) is 6.37. The molecule has 14 heteroatoms. The number of morpholine rings is 1. The highest BCUT2D eigenvalue weighted by atomic mass is 32.3. The molecule has 2 aromatic heterocycles. The van der Waals surface area contributed by atoms with Crippen LogP contribution in [0.4, 0.5) is 27.9 Å². The first-order valence-corrected chi connectivity index (χ1v) is 21.3. The number of carbonyl (C=O) groups excluding carboxylic acids is 2. The average Bonchev–Trinajstić information content (AvgIpc) is 3.64. The number of terminal acetylenes is 1. The number of urea groups is 1. The van der Waals surface area contributed by atoms with Crippen LogP contribution in [0.3, 0.4) is 0 Å². The van der Waals surface area contributed by atoms with Gasteiger partial charge in [-0.3, -0.25) is 15.0 Å². The fourth-order valence-electron chi connectivity index (χ4n) is 6.24. The summed E-state index contributed by atoms with van der Waals surface area (Å²) in [6.07, 6.45) is 13.8. The second kappa shape index (κ2) is 17.2. The van der Waals surface area contributed by atoms with Crippen LogP contribution in [0.15, 0.2) is 102 Å². The number of nitrogens with zero attached hydrogens (tertiary/aromatic N) is 5. The smallest absolute Gasteiger partial charge is 0.324 e. The number of aryl methyl sites for hydroxylation is 1. The van der Waals surface area contributed by atoms with Gasteiger partial charge < -0.3 is 25.4 Å². The van der Waals surface area contributed by atoms with Gasteiger partial charge in [-0.1, -0.05) is 47.9 Å². The van der Waals surface area contributed by atoms with Crippen LogP contribution >= 0.6 is 10.0 Å². The van der Waals surface area contributed by atoms with E-state index in [9.17, 15) is 9.59 Å². The molecule has 3 heterocycles. The molecule has 1 saturated heterocycles. The van der Waals surface area contributed by atoms with Crippen molar-refractivity contribution in [1.82, 2.24) is 30.0 Å². The van der Waals surface area contributed by atoms with Crippen molar-refractivity contribution < 1.29 is 19.1 Å². The largest absolute Gasteiger partial charge is 0.438 e. The zero-order chi connectivity index (χ0) is 39.9. The molecule has 13 nitrogen and oxygen atoms in total. The molecule has 6 aromatic rings. The number of benzene rings is 4. The third-order valence-electron chi connectivity index (χ3n) is 9.25. The van der Waals surface area contributed by atoms with E-state index in [1.54, 1.807) is 47.3 Å². The lowest BCUT2D eigenvalue weighted by atomic mass is 10.1. The highest BCUT2D eigenvalue weighted by Crippen LogP contribution is 2.45. The molecular formula is C43H45N9O4S. The van der Waals surface area contributed by atoms with Gasteiger partial charge in [0.1, 0.15) is 16.6 Å². The Balaban J connectivity index is 1.05. The van der Waals surface area contributed by atoms with Gasteiger partial charge in [-0.2, -0.15) is 10.1 Å². The minimum atomic E-state index is -1.16. The van der Waals surface area contributed by atoms with E-state index >= 15 is 0 Å². The molecule has 1 fully saturated rings. The van der Waals surface area contributed by atoms with Gasteiger partial charge in [0, 0.05) is 72.1 Å². The Labute approximate surface area is 333 Å². The zero-order valence-electron chi connectivity index (χ0n) is 32.3. The number of carbonyl (C=O) groups is 2. The minimum Gasteiger partial charge on any atom is -0.438 e. The SMILES string of the molecule is C#Cc1cc(Nc2nccc(Oc3ccc(NC(=O)Nc4cc(S(C)(C)C)nn4-c4ccc(C)cc4)c4ccccc34)n2)cc(C(=O)NCCN2CCOCC2)c1. The Morgan fingerprint density at radius 2 is 1.70 bits per heavy atom. The number of fused-ring (bicyclic) bond motifs is 1. The topological polar surface area (TPSA) is 148 Å². The minimum absolute atomic E-state index is 0.229. The molecule has 57 heavy (non-hydrogen) atoms. The van der Waals surface area contributed by atoms with E-state index in [0.29, 0.717) is 53.8 Å². The summed E-state index contributed by atoms with van der Waals surface area (Å²) in [7, 11) is -1.16. The van der Waals surface area contributed by atoms with Crippen LogP contribution < -0.4 is 26.0 Å². The van der Waals surface area contributed by atoms with Gasteiger partial charge in [0.15, 0.2) is 0 Å². The van der Waals surface area contributed by atoms with E-state index in [1.165, 1.54) is 0 Å². The molecule has 1 aliphatic heterocycles. The number of amides is 3. The van der Waals surface area contributed by atoms with Gasteiger partial charge in [0.05, 0.1) is 24.6 Å². The predicted molar refractivity (Wildman–Crippen MR) is 228 cm³/mol. The van der Waals surface area contributed by atoms with E-state index in [2.05, 4.69) is 60.8 Å². The average molecular weight is 784 g/mol.